The summed E-state index contributed by atoms with van der Waals surface area (Å²) in [6.45, 7) is 2.07. The van der Waals surface area contributed by atoms with Crippen LogP contribution in [0.25, 0.3) is 22.6 Å². The number of aromatic nitrogens is 3. The Morgan fingerprint density at radius 1 is 1.17 bits per heavy atom. The number of alkyl halides is 3. The quantitative estimate of drug-likeness (QED) is 0.507. The number of aryl methyl sites for hydroxylation is 2. The third-order valence-electron chi connectivity index (χ3n) is 4.27. The fourth-order valence-corrected chi connectivity index (χ4v) is 4.04. The molecule has 3 aromatic rings. The molecular weight excluding hydrogens is 485 g/mol. The van der Waals surface area contributed by atoms with Gasteiger partial charge in [0.1, 0.15) is 5.82 Å². The van der Waals surface area contributed by atoms with Crippen LogP contribution in [0.4, 0.5) is 18.9 Å². The molecule has 0 aliphatic rings. The van der Waals surface area contributed by atoms with Crippen molar-refractivity contribution in [3.63, 3.8) is 0 Å². The molecule has 0 aliphatic carbocycles. The van der Waals surface area contributed by atoms with Crippen molar-refractivity contribution >= 4 is 31.6 Å². The molecule has 0 spiro atoms. The first-order valence-electron chi connectivity index (χ1n) is 8.89. The van der Waals surface area contributed by atoms with Crippen LogP contribution < -0.4 is 4.72 Å². The van der Waals surface area contributed by atoms with Gasteiger partial charge in [-0.1, -0.05) is 19.4 Å². The van der Waals surface area contributed by atoms with E-state index in [0.29, 0.717) is 17.1 Å². The molecule has 0 bridgehead atoms. The molecule has 2 aromatic heterocycles. The van der Waals surface area contributed by atoms with Crippen molar-refractivity contribution in [3.05, 3.63) is 52.9 Å². The number of pyridine rings is 1. The number of halogens is 4. The van der Waals surface area contributed by atoms with Crippen molar-refractivity contribution in [3.8, 4) is 22.6 Å². The lowest BCUT2D eigenvalue weighted by Gasteiger charge is -2.12. The largest absolute Gasteiger partial charge is 0.516 e. The first kappa shape index (κ1) is 22.3. The predicted octanol–water partition coefficient (Wildman–Crippen LogP) is 5.13. The molecule has 1 aromatic carbocycles. The Labute approximate surface area is 180 Å². The van der Waals surface area contributed by atoms with Gasteiger partial charge in [-0.2, -0.15) is 21.6 Å². The topological polar surface area (TPSA) is 76.9 Å². The molecule has 1 N–H and O–H groups in total. The molecule has 0 saturated carbocycles. The monoisotopic (exact) mass is 502 g/mol. The van der Waals surface area contributed by atoms with Crippen LogP contribution in [0.3, 0.4) is 0 Å². The highest BCUT2D eigenvalue weighted by Crippen LogP contribution is 2.33. The second kappa shape index (κ2) is 8.38. The number of hydrogen-bond donors (Lipinski definition) is 1. The second-order valence-corrected chi connectivity index (χ2v) is 9.12. The highest BCUT2D eigenvalue weighted by atomic mass is 79.9. The Morgan fingerprint density at radius 2 is 1.90 bits per heavy atom. The first-order valence-corrected chi connectivity index (χ1v) is 11.2. The van der Waals surface area contributed by atoms with Gasteiger partial charge in [-0.3, -0.25) is 9.71 Å². The van der Waals surface area contributed by atoms with E-state index in [1.165, 1.54) is 22.9 Å². The highest BCUT2D eigenvalue weighted by molar-refractivity contribution is 9.10. The molecule has 2 heterocycles. The SMILES string of the molecule is CCCc1cc(-c2nc(-c3ccc(NS(=O)(=O)C(F)(F)F)c(Br)c3)cn2C)ccn1. The number of nitrogens with zero attached hydrogens (tertiary/aromatic N) is 3. The van der Waals surface area contributed by atoms with Crippen LogP contribution in [-0.2, 0) is 23.5 Å². The van der Waals surface area contributed by atoms with Gasteiger partial charge in [-0.05, 0) is 46.6 Å². The van der Waals surface area contributed by atoms with Gasteiger partial charge in [0, 0.05) is 40.7 Å². The van der Waals surface area contributed by atoms with Gasteiger partial charge in [0.25, 0.3) is 0 Å². The van der Waals surface area contributed by atoms with Crippen molar-refractivity contribution in [1.29, 1.82) is 0 Å². The standard InChI is InChI=1S/C19H18BrF3N4O2S/c1-3-4-14-9-13(7-8-24-14)18-25-17(11-27(18)2)12-5-6-16(15(20)10-12)26-30(28,29)19(21,22)23/h5-11,26H,3-4H2,1-2H3. The molecule has 3 rings (SSSR count). The molecule has 11 heteroatoms. The molecule has 0 fully saturated rings. The average Bonchev–Trinajstić information content (AvgIpc) is 3.04. The molecule has 0 atom stereocenters. The summed E-state index contributed by atoms with van der Waals surface area (Å²) < 4.78 is 64.0. The normalized spacial score (nSPS) is 12.2. The van der Waals surface area contributed by atoms with Crippen LogP contribution in [0.15, 0.2) is 47.2 Å². The van der Waals surface area contributed by atoms with E-state index < -0.39 is 15.5 Å². The van der Waals surface area contributed by atoms with E-state index in [1.54, 1.807) is 12.4 Å². The predicted molar refractivity (Wildman–Crippen MR) is 112 cm³/mol. The Kier molecular flexibility index (Phi) is 6.23. The Hall–Kier alpha value is -2.40. The number of rotatable bonds is 6. The van der Waals surface area contributed by atoms with Crippen LogP contribution in [0.5, 0.6) is 0 Å². The van der Waals surface area contributed by atoms with Gasteiger partial charge < -0.3 is 4.57 Å². The van der Waals surface area contributed by atoms with Crippen LogP contribution in [0.1, 0.15) is 19.0 Å². The maximum atomic E-state index is 12.6. The Balaban J connectivity index is 1.92. The summed E-state index contributed by atoms with van der Waals surface area (Å²) in [4.78, 5) is 8.97. The van der Waals surface area contributed by atoms with Crippen molar-refractivity contribution in [2.75, 3.05) is 4.72 Å². The fourth-order valence-electron chi connectivity index (χ4n) is 2.84. The molecule has 6 nitrogen and oxygen atoms in total. The van der Waals surface area contributed by atoms with E-state index in [1.807, 2.05) is 23.7 Å². The van der Waals surface area contributed by atoms with E-state index in [9.17, 15) is 21.6 Å². The van der Waals surface area contributed by atoms with Gasteiger partial charge in [0.05, 0.1) is 11.4 Å². The van der Waals surface area contributed by atoms with Crippen LogP contribution >= 0.6 is 15.9 Å². The molecule has 0 saturated heterocycles. The third-order valence-corrected chi connectivity index (χ3v) is 6.03. The van der Waals surface area contributed by atoms with Gasteiger partial charge in [-0.15, -0.1) is 0 Å². The second-order valence-electron chi connectivity index (χ2n) is 6.59. The Bertz CT molecular complexity index is 1180. The molecule has 30 heavy (non-hydrogen) atoms. The summed E-state index contributed by atoms with van der Waals surface area (Å²) >= 11 is 3.12. The van der Waals surface area contributed by atoms with Gasteiger partial charge in [-0.25, -0.2) is 4.98 Å². The summed E-state index contributed by atoms with van der Waals surface area (Å²) in [7, 11) is -3.66. The summed E-state index contributed by atoms with van der Waals surface area (Å²) in [5.74, 6) is 0.711. The van der Waals surface area contributed by atoms with Gasteiger partial charge >= 0.3 is 15.5 Å². The van der Waals surface area contributed by atoms with Crippen molar-refractivity contribution in [2.45, 2.75) is 25.3 Å². The number of hydrogen-bond acceptors (Lipinski definition) is 4. The van der Waals surface area contributed by atoms with Crippen molar-refractivity contribution in [2.24, 2.45) is 7.05 Å². The minimum absolute atomic E-state index is 0.161. The third kappa shape index (κ3) is 4.67. The summed E-state index contributed by atoms with van der Waals surface area (Å²) in [6, 6.07) is 8.09. The van der Waals surface area contributed by atoms with Gasteiger partial charge in [0.15, 0.2) is 0 Å². The van der Waals surface area contributed by atoms with Crippen molar-refractivity contribution < 1.29 is 21.6 Å². The average molecular weight is 503 g/mol. The lowest BCUT2D eigenvalue weighted by Crippen LogP contribution is -2.30. The number of nitrogens with one attached hydrogen (secondary N) is 1. The molecule has 0 unspecified atom stereocenters. The van der Waals surface area contributed by atoms with Gasteiger partial charge in [0.2, 0.25) is 0 Å². The lowest BCUT2D eigenvalue weighted by molar-refractivity contribution is -0.0429. The summed E-state index contributed by atoms with van der Waals surface area (Å²) in [5.41, 5.74) is -2.55. The molecular formula is C19H18BrF3N4O2S. The smallest absolute Gasteiger partial charge is 0.333 e. The van der Waals surface area contributed by atoms with Crippen LogP contribution in [0.2, 0.25) is 0 Å². The zero-order valence-electron chi connectivity index (χ0n) is 16.0. The highest BCUT2D eigenvalue weighted by Gasteiger charge is 2.46. The molecule has 0 aliphatic heterocycles. The maximum absolute atomic E-state index is 12.6. The fraction of sp³-hybridized carbons (Fsp3) is 0.263. The minimum atomic E-state index is -5.50. The van der Waals surface area contributed by atoms with E-state index in [0.717, 1.165) is 24.1 Å². The van der Waals surface area contributed by atoms with Crippen LogP contribution in [-0.4, -0.2) is 28.5 Å². The first-order chi connectivity index (χ1) is 14.0. The molecule has 0 amide bonds. The van der Waals surface area contributed by atoms with E-state index in [4.69, 9.17) is 0 Å². The number of imidazole rings is 1. The van der Waals surface area contributed by atoms with E-state index >= 15 is 0 Å². The maximum Gasteiger partial charge on any atom is 0.516 e. The zero-order chi connectivity index (χ0) is 22.1. The summed E-state index contributed by atoms with van der Waals surface area (Å²) in [5, 5.41) is 0. The zero-order valence-corrected chi connectivity index (χ0v) is 18.4. The summed E-state index contributed by atoms with van der Waals surface area (Å²) in [6.07, 6.45) is 5.34. The molecule has 0 radical (unpaired) electrons. The van der Waals surface area contributed by atoms with E-state index in [-0.39, 0.29) is 10.2 Å². The van der Waals surface area contributed by atoms with E-state index in [2.05, 4.69) is 32.8 Å². The minimum Gasteiger partial charge on any atom is -0.333 e. The van der Waals surface area contributed by atoms with Crippen molar-refractivity contribution in [1.82, 2.24) is 14.5 Å². The Morgan fingerprint density at radius 3 is 2.53 bits per heavy atom. The number of anilines is 1. The number of sulfonamides is 1. The van der Waals surface area contributed by atoms with Crippen LogP contribution in [0, 0.1) is 0 Å². The molecule has 160 valence electrons. The number of benzene rings is 1. The lowest BCUT2D eigenvalue weighted by atomic mass is 10.1.